The maximum absolute atomic E-state index is 12.5. The number of likely N-dealkylation sites (tertiary alicyclic amines) is 1. The Morgan fingerprint density at radius 2 is 1.94 bits per heavy atom. The van der Waals surface area contributed by atoms with E-state index >= 15 is 0 Å². The highest BCUT2D eigenvalue weighted by atomic mass is 16.2. The molecule has 31 heavy (non-hydrogen) atoms. The number of nitrogens with one attached hydrogen (secondary N) is 3. The van der Waals surface area contributed by atoms with E-state index in [1.807, 2.05) is 13.0 Å². The van der Waals surface area contributed by atoms with Crippen LogP contribution in [0, 0.1) is 5.92 Å². The Bertz CT molecular complexity index is 1120. The van der Waals surface area contributed by atoms with Crippen molar-refractivity contribution in [2.45, 2.75) is 37.8 Å². The second-order valence-corrected chi connectivity index (χ2v) is 8.98. The van der Waals surface area contributed by atoms with Gasteiger partial charge >= 0.3 is 6.03 Å². The van der Waals surface area contributed by atoms with Gasteiger partial charge in [-0.05, 0) is 62.1 Å². The van der Waals surface area contributed by atoms with Crippen molar-refractivity contribution < 1.29 is 9.59 Å². The lowest BCUT2D eigenvalue weighted by molar-refractivity contribution is 0.0930. The molecule has 2 heterocycles. The summed E-state index contributed by atoms with van der Waals surface area (Å²) in [6.07, 6.45) is 4.23. The summed E-state index contributed by atoms with van der Waals surface area (Å²) in [5.74, 6) is 0.360. The van der Waals surface area contributed by atoms with Gasteiger partial charge in [0.25, 0.3) is 5.91 Å². The number of aromatic amines is 1. The highest BCUT2D eigenvalue weighted by Gasteiger charge is 2.40. The number of benzene rings is 2. The zero-order valence-corrected chi connectivity index (χ0v) is 17.9. The van der Waals surface area contributed by atoms with E-state index in [4.69, 9.17) is 0 Å². The molecular weight excluding hydrogens is 388 g/mol. The van der Waals surface area contributed by atoms with Crippen LogP contribution in [0.15, 0.2) is 54.7 Å². The van der Waals surface area contributed by atoms with Crippen LogP contribution in [-0.4, -0.2) is 47.5 Å². The van der Waals surface area contributed by atoms with Crippen LogP contribution in [0.4, 0.5) is 4.79 Å². The van der Waals surface area contributed by atoms with Gasteiger partial charge in [-0.3, -0.25) is 10.1 Å². The Hall–Kier alpha value is -3.12. The summed E-state index contributed by atoms with van der Waals surface area (Å²) >= 11 is 0. The Balaban J connectivity index is 1.29. The molecule has 160 valence electrons. The molecule has 6 heteroatoms. The van der Waals surface area contributed by atoms with Crippen molar-refractivity contribution in [1.82, 2.24) is 20.5 Å². The van der Waals surface area contributed by atoms with Crippen LogP contribution in [-0.2, 0) is 6.42 Å². The SMILES string of the molecule is CC(NC(=O)NC(=O)c1ccccc1)[C@@H]1C[C@@H]2c3cccc4[nH]cc(c34)C[C@H]2N(C)C1. The number of hydrogen-bond acceptors (Lipinski definition) is 3. The van der Waals surface area contributed by atoms with Gasteiger partial charge in [0, 0.05) is 47.2 Å². The number of amides is 3. The van der Waals surface area contributed by atoms with Crippen molar-refractivity contribution in [3.63, 3.8) is 0 Å². The third kappa shape index (κ3) is 3.61. The highest BCUT2D eigenvalue weighted by molar-refractivity contribution is 6.04. The second kappa shape index (κ2) is 7.85. The van der Waals surface area contributed by atoms with E-state index in [-0.39, 0.29) is 11.9 Å². The number of imide groups is 1. The van der Waals surface area contributed by atoms with Gasteiger partial charge in [-0.1, -0.05) is 30.3 Å². The Morgan fingerprint density at radius 3 is 2.74 bits per heavy atom. The zero-order chi connectivity index (χ0) is 21.5. The molecule has 0 saturated carbocycles. The third-order valence-electron chi connectivity index (χ3n) is 7.09. The topological polar surface area (TPSA) is 77.2 Å². The quantitative estimate of drug-likeness (QED) is 0.610. The van der Waals surface area contributed by atoms with E-state index in [1.54, 1.807) is 24.3 Å². The predicted molar refractivity (Wildman–Crippen MR) is 121 cm³/mol. The summed E-state index contributed by atoms with van der Waals surface area (Å²) in [6, 6.07) is 15.3. The molecule has 4 atom stereocenters. The van der Waals surface area contributed by atoms with Crippen molar-refractivity contribution in [3.05, 3.63) is 71.4 Å². The third-order valence-corrected chi connectivity index (χ3v) is 7.09. The number of H-pyrrole nitrogens is 1. The average Bonchev–Trinajstić information content (AvgIpc) is 3.19. The number of likely N-dealkylation sites (N-methyl/N-ethyl adjacent to an activating group) is 1. The molecule has 0 bridgehead atoms. The summed E-state index contributed by atoms with van der Waals surface area (Å²) in [7, 11) is 2.19. The minimum Gasteiger partial charge on any atom is -0.361 e. The molecule has 2 aliphatic rings. The number of aromatic nitrogens is 1. The predicted octanol–water partition coefficient (Wildman–Crippen LogP) is 3.66. The minimum atomic E-state index is -0.440. The first kappa shape index (κ1) is 19.8. The number of nitrogens with zero attached hydrogens (tertiary/aromatic N) is 1. The summed E-state index contributed by atoms with van der Waals surface area (Å²) in [5, 5.41) is 6.83. The van der Waals surface area contributed by atoms with Gasteiger partial charge in [0.2, 0.25) is 0 Å². The van der Waals surface area contributed by atoms with Crippen molar-refractivity contribution in [2.75, 3.05) is 13.6 Å². The molecular formula is C25H28N4O2. The summed E-state index contributed by atoms with van der Waals surface area (Å²) in [5.41, 5.74) is 4.50. The fourth-order valence-electron chi connectivity index (χ4n) is 5.47. The number of hydrogen-bond donors (Lipinski definition) is 3. The molecule has 1 unspecified atom stereocenters. The molecule has 1 aromatic heterocycles. The van der Waals surface area contributed by atoms with Crippen LogP contribution in [0.2, 0.25) is 0 Å². The van der Waals surface area contributed by atoms with Gasteiger partial charge in [-0.2, -0.15) is 0 Å². The lowest BCUT2D eigenvalue weighted by atomic mass is 9.71. The molecule has 1 aliphatic heterocycles. The van der Waals surface area contributed by atoms with Crippen molar-refractivity contribution in [3.8, 4) is 0 Å². The zero-order valence-electron chi connectivity index (χ0n) is 17.9. The molecule has 2 aromatic carbocycles. The summed E-state index contributed by atoms with van der Waals surface area (Å²) < 4.78 is 0. The van der Waals surface area contributed by atoms with Crippen LogP contribution in [0.1, 0.15) is 40.7 Å². The maximum atomic E-state index is 12.5. The Morgan fingerprint density at radius 1 is 1.13 bits per heavy atom. The van der Waals surface area contributed by atoms with E-state index < -0.39 is 6.03 Å². The van der Waals surface area contributed by atoms with E-state index in [9.17, 15) is 9.59 Å². The number of carbonyl (C=O) groups is 2. The molecule has 1 fully saturated rings. The summed E-state index contributed by atoms with van der Waals surface area (Å²) in [4.78, 5) is 30.6. The van der Waals surface area contributed by atoms with Crippen LogP contribution in [0.25, 0.3) is 10.9 Å². The molecule has 5 rings (SSSR count). The maximum Gasteiger partial charge on any atom is 0.321 e. The van der Waals surface area contributed by atoms with Crippen molar-refractivity contribution in [2.24, 2.45) is 5.92 Å². The van der Waals surface area contributed by atoms with Gasteiger partial charge in [-0.15, -0.1) is 0 Å². The van der Waals surface area contributed by atoms with Gasteiger partial charge in [-0.25, -0.2) is 4.79 Å². The largest absolute Gasteiger partial charge is 0.361 e. The van der Waals surface area contributed by atoms with Crippen LogP contribution >= 0.6 is 0 Å². The average molecular weight is 417 g/mol. The lowest BCUT2D eigenvalue weighted by Crippen LogP contribution is -2.54. The van der Waals surface area contributed by atoms with E-state index in [0.29, 0.717) is 23.4 Å². The highest BCUT2D eigenvalue weighted by Crippen LogP contribution is 2.44. The number of rotatable bonds is 3. The lowest BCUT2D eigenvalue weighted by Gasteiger charge is -2.47. The minimum absolute atomic E-state index is 0.0428. The molecule has 6 nitrogen and oxygen atoms in total. The van der Waals surface area contributed by atoms with Crippen LogP contribution < -0.4 is 10.6 Å². The monoisotopic (exact) mass is 416 g/mol. The fraction of sp³-hybridized carbons (Fsp3) is 0.360. The van der Waals surface area contributed by atoms with Gasteiger partial charge < -0.3 is 15.2 Å². The molecule has 3 N–H and O–H groups in total. The number of carbonyl (C=O) groups excluding carboxylic acids is 2. The summed E-state index contributed by atoms with van der Waals surface area (Å²) in [6.45, 7) is 2.96. The molecule has 0 spiro atoms. The van der Waals surface area contributed by atoms with Gasteiger partial charge in [0.05, 0.1) is 0 Å². The first-order valence-electron chi connectivity index (χ1n) is 11.0. The smallest absolute Gasteiger partial charge is 0.321 e. The number of urea groups is 1. The fourth-order valence-corrected chi connectivity index (χ4v) is 5.47. The van der Waals surface area contributed by atoms with Crippen molar-refractivity contribution in [1.29, 1.82) is 0 Å². The first-order chi connectivity index (χ1) is 15.0. The first-order valence-corrected chi connectivity index (χ1v) is 11.0. The standard InChI is InChI=1S/C25H28N4O2/c1-15(27-25(31)28-24(30)16-7-4-3-5-8-16)18-11-20-19-9-6-10-21-23(19)17(13-26-21)12-22(20)29(2)14-18/h3-10,13,15,18,20,22,26H,11-12,14H2,1-2H3,(H2,27,28,30,31)/t15?,18-,20-,22-/m1/s1. The Labute approximate surface area is 182 Å². The molecule has 0 radical (unpaired) electrons. The number of fused-ring (bicyclic) bond motifs is 2. The Kier molecular flexibility index (Phi) is 5.02. The van der Waals surface area contributed by atoms with Gasteiger partial charge in [0.15, 0.2) is 0 Å². The molecule has 3 aromatic rings. The number of piperidine rings is 1. The van der Waals surface area contributed by atoms with E-state index in [2.05, 4.69) is 52.0 Å². The molecule has 3 amide bonds. The van der Waals surface area contributed by atoms with Crippen LogP contribution in [0.3, 0.4) is 0 Å². The second-order valence-electron chi connectivity index (χ2n) is 8.98. The van der Waals surface area contributed by atoms with Crippen molar-refractivity contribution >= 4 is 22.8 Å². The molecule has 1 saturated heterocycles. The van der Waals surface area contributed by atoms with E-state index in [0.717, 1.165) is 19.4 Å². The van der Waals surface area contributed by atoms with Gasteiger partial charge in [0.1, 0.15) is 0 Å². The van der Waals surface area contributed by atoms with Crippen LogP contribution in [0.5, 0.6) is 0 Å². The normalized spacial score (nSPS) is 23.7. The van der Waals surface area contributed by atoms with E-state index in [1.165, 1.54) is 22.0 Å². The molecule has 1 aliphatic carbocycles.